The topological polar surface area (TPSA) is 665 Å². The van der Waals surface area contributed by atoms with E-state index in [0.29, 0.717) is 38.9 Å². The molecule has 5 aliphatic heterocycles. The molecular formula is C44H63Cl2N4O38P7. The van der Waals surface area contributed by atoms with Gasteiger partial charge < -0.3 is 119 Å². The Morgan fingerprint density at radius 3 is 1.03 bits per heavy atom. The molecule has 0 amide bonds. The van der Waals surface area contributed by atoms with E-state index < -0.39 is 164 Å². The molecule has 536 valence electrons. The largest absolute Gasteiger partial charge is 0.492 e. The molecule has 42 nitrogen and oxygen atoms in total. The van der Waals surface area contributed by atoms with Crippen LogP contribution in [-0.2, 0) is 86.0 Å². The molecule has 95 heavy (non-hydrogen) atoms. The fraction of sp³-hybridized carbons (Fsp3) is 0.545. The number of rotatable bonds is 18. The molecule has 4 aromatic heterocycles. The number of aromatic amines is 4. The molecule has 0 aliphatic carbocycles. The lowest BCUT2D eigenvalue weighted by atomic mass is 10.0. The minimum atomic E-state index is -5.68. The van der Waals surface area contributed by atoms with Crippen molar-refractivity contribution in [2.75, 3.05) is 26.4 Å². The van der Waals surface area contributed by atoms with E-state index in [0.717, 1.165) is 0 Å². The highest BCUT2D eigenvalue weighted by Gasteiger charge is 2.56. The summed E-state index contributed by atoms with van der Waals surface area (Å²) in [5.41, 5.74) is 2.06. The van der Waals surface area contributed by atoms with Crippen LogP contribution in [0, 0.1) is 27.7 Å². The van der Waals surface area contributed by atoms with E-state index in [1.165, 1.54) is 50.8 Å². The quantitative estimate of drug-likeness (QED) is 0.0569. The number of phosphoric acid groups is 6. The lowest BCUT2D eigenvalue weighted by Crippen LogP contribution is -2.33. The normalized spacial score (nSPS) is 34.4. The van der Waals surface area contributed by atoms with Crippen LogP contribution in [0.4, 0.5) is 0 Å². The number of H-pyrrole nitrogens is 4. The molecule has 19 N–H and O–H groups in total. The van der Waals surface area contributed by atoms with Gasteiger partial charge in [-0.1, -0.05) is 0 Å². The summed E-state index contributed by atoms with van der Waals surface area (Å²) in [6, 6.07) is 5.97. The van der Waals surface area contributed by atoms with Gasteiger partial charge in [0.2, 0.25) is 0 Å². The van der Waals surface area contributed by atoms with Crippen molar-refractivity contribution in [3.05, 3.63) is 135 Å². The standard InChI is InChI=1S/C11H14Cl2NO6P.C11H18NO14P3.C11H16NO13P3.C11H15NO5/c1-5-2-6(3-14-11(5)17)10-9(16)8(15)7(20-10)4-19-21(12,13)18;1-5-2-6(3-12-11(5)15)10-9(14)8(13)7(24-10)4-23-28(19,20)26-29(21,22)25-27(16,17)18;1-5-2-6(3-12-11(5)15)10-9(14)8(13)7(22-10)4-21-28(20)24-26(16,17)23-27(18,19)25-28;1-5-2-6(3-12-11(5)16)10-9(15)8(14)7(4-13)17-10/h2-3,7-10,15-16H,4H2,1H3,(H,14,17);2-3,7-10,13-14H,4H2,1H3,(H,12,15)(H,19,20)(H,21,22)(H2,16,17,18);2-3,7-10,13-14H,4H2,1H3,(H,12,15)(H,16,17)(H,18,19);2-3,7-10,13-15H,4H2,1H3,(H,12,16)/t4*7-,8+,9?,10+/m1111/s1. The summed E-state index contributed by atoms with van der Waals surface area (Å²) >= 11 is 10.5. The Morgan fingerprint density at radius 2 is 0.747 bits per heavy atom. The summed E-state index contributed by atoms with van der Waals surface area (Å²) in [5, 5.41) is 88.7. The Bertz CT molecular complexity index is 3930. The van der Waals surface area contributed by atoms with Crippen LogP contribution in [0.1, 0.15) is 68.9 Å². The monoisotopic (exact) mass is 1540 g/mol. The molecule has 8 unspecified atom stereocenters. The van der Waals surface area contributed by atoms with Crippen LogP contribution in [0.3, 0.4) is 0 Å². The fourth-order valence-electron chi connectivity index (χ4n) is 9.07. The molecule has 0 spiro atoms. The number of ether oxygens (including phenoxy) is 4. The highest BCUT2D eigenvalue weighted by atomic mass is 35.9. The highest BCUT2D eigenvalue weighted by Crippen LogP contribution is 2.80. The van der Waals surface area contributed by atoms with Crippen LogP contribution >= 0.6 is 75.5 Å². The van der Waals surface area contributed by atoms with Gasteiger partial charge in [-0.25, -0.2) is 27.4 Å². The van der Waals surface area contributed by atoms with Gasteiger partial charge in [-0.2, -0.15) is 21.6 Å². The van der Waals surface area contributed by atoms with Crippen LogP contribution in [0.5, 0.6) is 0 Å². The van der Waals surface area contributed by atoms with Crippen molar-refractivity contribution >= 4 is 75.5 Å². The van der Waals surface area contributed by atoms with Crippen molar-refractivity contribution in [2.24, 2.45) is 0 Å². The lowest BCUT2D eigenvalue weighted by Gasteiger charge is -2.27. The average molecular weight is 1540 g/mol. The second-order valence-electron chi connectivity index (χ2n) is 20.8. The van der Waals surface area contributed by atoms with Crippen molar-refractivity contribution in [1.29, 1.82) is 0 Å². The van der Waals surface area contributed by atoms with Crippen molar-refractivity contribution < 1.29 is 161 Å². The van der Waals surface area contributed by atoms with E-state index in [-0.39, 0.29) is 41.0 Å². The second kappa shape index (κ2) is 32.3. The van der Waals surface area contributed by atoms with Crippen LogP contribution in [0.2, 0.25) is 0 Å². The molecular weight excluding hydrogens is 1480 g/mol. The van der Waals surface area contributed by atoms with Gasteiger partial charge in [0.1, 0.15) is 97.7 Å². The predicted molar refractivity (Wildman–Crippen MR) is 314 cm³/mol. The van der Waals surface area contributed by atoms with Crippen molar-refractivity contribution in [1.82, 2.24) is 19.9 Å². The lowest BCUT2D eigenvalue weighted by molar-refractivity contribution is -0.0232. The Hall–Kier alpha value is -3.09. The third-order valence-electron chi connectivity index (χ3n) is 13.6. The van der Waals surface area contributed by atoms with Gasteiger partial charge in [-0.3, -0.25) is 32.8 Å². The summed E-state index contributed by atoms with van der Waals surface area (Å²) in [5.74, 6) is 0. The molecule has 0 radical (unpaired) electrons. The number of hydrogen-bond donors (Lipinski definition) is 19. The molecule has 0 bridgehead atoms. The Labute approximate surface area is 541 Å². The summed E-state index contributed by atoms with van der Waals surface area (Å²) < 4.78 is 134. The maximum Gasteiger partial charge on any atom is 0.492 e. The highest BCUT2D eigenvalue weighted by molar-refractivity contribution is 8.05. The zero-order valence-corrected chi connectivity index (χ0v) is 56.4. The van der Waals surface area contributed by atoms with Gasteiger partial charge in [0.15, 0.2) is 0 Å². The minimum Gasteiger partial charge on any atom is -0.394 e. The molecule has 20 atom stereocenters. The maximum atomic E-state index is 12.2. The molecule has 0 aromatic carbocycles. The maximum absolute atomic E-state index is 12.2. The molecule has 9 rings (SSSR count). The number of nitrogens with one attached hydrogen (secondary N) is 4. The number of aliphatic hydroxyl groups is 9. The third-order valence-corrected chi connectivity index (χ3v) is 23.8. The fourth-order valence-corrected chi connectivity index (χ4v) is 17.7. The SMILES string of the molecule is Cc1cc([C@@H]2O[C@H](CO)[C@H](O)C2O)c[nH]c1=O.Cc1cc([C@@H]2O[C@H](COP(=O)(Cl)Cl)[C@H](O)C2O)c[nH]c1=O.Cc1cc([C@@H]2O[C@H](COP(=O)(O)OP(=O)(O)OP(=O)(O)O)[C@H](O)C2O)c[nH]c1=O.Cc1cc([C@@H]2O[C@H](COP3(=O)OP(=O)(O)OP(=O)(O)O3)[C@H](O)C2O)c[nH]c1=O. The first kappa shape index (κ1) is 80.9. The van der Waals surface area contributed by atoms with Gasteiger partial charge in [-0.15, -0.1) is 0 Å². The Balaban J connectivity index is 0.000000204. The number of aryl methyl sites for hydroxylation is 4. The molecule has 5 saturated heterocycles. The third kappa shape index (κ3) is 22.5. The first-order chi connectivity index (χ1) is 43.6. The van der Waals surface area contributed by atoms with E-state index in [1.54, 1.807) is 26.0 Å². The second-order valence-corrected chi connectivity index (χ2v) is 34.5. The summed E-state index contributed by atoms with van der Waals surface area (Å²) in [6.45, 7) is 3.83. The number of aromatic nitrogens is 4. The van der Waals surface area contributed by atoms with Crippen LogP contribution in [0.15, 0.2) is 68.2 Å². The van der Waals surface area contributed by atoms with Crippen molar-refractivity contribution in [2.45, 2.75) is 125 Å². The molecule has 5 aliphatic rings. The van der Waals surface area contributed by atoms with Crippen LogP contribution in [-0.4, -0.2) is 195 Å². The Kier molecular flexibility index (Phi) is 27.5. The number of halogens is 2. The van der Waals surface area contributed by atoms with Crippen molar-refractivity contribution in [3.8, 4) is 0 Å². The first-order valence-electron chi connectivity index (χ1n) is 26.5. The molecule has 5 fully saturated rings. The predicted octanol–water partition coefficient (Wildman–Crippen LogP) is -0.293. The van der Waals surface area contributed by atoms with Gasteiger partial charge in [0.05, 0.1) is 26.4 Å². The van der Waals surface area contributed by atoms with Crippen molar-refractivity contribution in [3.63, 3.8) is 0 Å². The summed E-state index contributed by atoms with van der Waals surface area (Å²) in [7, 11) is -32.1. The molecule has 0 saturated carbocycles. The summed E-state index contributed by atoms with van der Waals surface area (Å²) in [6.07, 6.45) is -17.6. The number of aliphatic hydroxyl groups excluding tert-OH is 9. The average Bonchev–Trinajstić information content (AvgIpc) is 1.78. The van der Waals surface area contributed by atoms with Gasteiger partial charge >= 0.3 is 53.0 Å². The molecule has 4 aromatic rings. The molecule has 9 heterocycles. The number of phosphoric ester groups is 1. The number of pyridine rings is 4. The Morgan fingerprint density at radius 1 is 0.453 bits per heavy atom. The zero-order chi connectivity index (χ0) is 71.5. The zero-order valence-electron chi connectivity index (χ0n) is 48.7. The van der Waals surface area contributed by atoms with Crippen LogP contribution in [0.25, 0.3) is 0 Å². The van der Waals surface area contributed by atoms with E-state index in [2.05, 4.69) is 50.5 Å². The van der Waals surface area contributed by atoms with E-state index >= 15 is 0 Å². The van der Waals surface area contributed by atoms with Gasteiger partial charge in [0, 0.05) is 69.3 Å². The van der Waals surface area contributed by atoms with Crippen LogP contribution < -0.4 is 22.2 Å². The first-order valence-corrected chi connectivity index (χ1v) is 39.0. The van der Waals surface area contributed by atoms with E-state index in [4.69, 9.17) is 75.5 Å². The molecule has 51 heteroatoms. The smallest absolute Gasteiger partial charge is 0.394 e. The van der Waals surface area contributed by atoms with Gasteiger partial charge in [0.25, 0.3) is 22.2 Å². The van der Waals surface area contributed by atoms with E-state index in [9.17, 15) is 96.9 Å². The number of hydrogen-bond acceptors (Lipinski definition) is 32. The van der Waals surface area contributed by atoms with Gasteiger partial charge in [-0.05, 0) is 74.4 Å². The van der Waals surface area contributed by atoms with E-state index in [1.807, 2.05) is 0 Å². The minimum absolute atomic E-state index is 0.208. The summed E-state index contributed by atoms with van der Waals surface area (Å²) in [4.78, 5) is 109.